The van der Waals surface area contributed by atoms with Crippen molar-refractivity contribution in [3.8, 4) is 11.4 Å². The number of aromatic nitrogens is 3. The third-order valence-corrected chi connectivity index (χ3v) is 3.52. The third kappa shape index (κ3) is 4.38. The first kappa shape index (κ1) is 16.6. The predicted octanol–water partition coefficient (Wildman–Crippen LogP) is 3.88. The summed E-state index contributed by atoms with van der Waals surface area (Å²) in [5.41, 5.74) is 3.13. The van der Waals surface area contributed by atoms with Crippen molar-refractivity contribution >= 4 is 23.2 Å². The Balaban J connectivity index is 1.71. The van der Waals surface area contributed by atoms with Gasteiger partial charge in [-0.1, -0.05) is 19.9 Å². The number of nitrogens with one attached hydrogen (secondary N) is 2. The summed E-state index contributed by atoms with van der Waals surface area (Å²) in [6.07, 6.45) is 3.42. The molecule has 126 valence electrons. The molecule has 0 atom stereocenters. The van der Waals surface area contributed by atoms with Crippen molar-refractivity contribution in [1.29, 1.82) is 0 Å². The minimum absolute atomic E-state index is 0.00731. The molecule has 0 bridgehead atoms. The second kappa shape index (κ2) is 7.53. The normalized spacial score (nSPS) is 10.5. The van der Waals surface area contributed by atoms with E-state index in [1.165, 1.54) is 0 Å². The first-order valence-electron chi connectivity index (χ1n) is 8.04. The molecule has 0 radical (unpaired) electrons. The first-order valence-corrected chi connectivity index (χ1v) is 8.04. The highest BCUT2D eigenvalue weighted by molar-refractivity contribution is 5.92. The van der Waals surface area contributed by atoms with E-state index in [2.05, 4.69) is 25.6 Å². The quantitative estimate of drug-likeness (QED) is 0.741. The molecule has 2 aromatic heterocycles. The molecule has 2 heterocycles. The van der Waals surface area contributed by atoms with Gasteiger partial charge in [-0.05, 0) is 42.5 Å². The molecule has 25 heavy (non-hydrogen) atoms. The Labute approximate surface area is 146 Å². The van der Waals surface area contributed by atoms with Crippen molar-refractivity contribution < 1.29 is 4.79 Å². The van der Waals surface area contributed by atoms with Gasteiger partial charge < -0.3 is 10.6 Å². The molecule has 0 fully saturated rings. The Morgan fingerprint density at radius 2 is 1.64 bits per heavy atom. The van der Waals surface area contributed by atoms with E-state index in [9.17, 15) is 4.79 Å². The van der Waals surface area contributed by atoms with Crippen LogP contribution >= 0.6 is 0 Å². The fourth-order valence-corrected chi connectivity index (χ4v) is 2.13. The molecule has 1 aromatic carbocycles. The largest absolute Gasteiger partial charge is 0.326 e. The minimum atomic E-state index is -0.0551. The van der Waals surface area contributed by atoms with Gasteiger partial charge in [0, 0.05) is 29.7 Å². The zero-order chi connectivity index (χ0) is 17.6. The maximum absolute atomic E-state index is 11.7. The number of nitrogens with zero attached hydrogens (tertiary/aromatic N) is 3. The molecular formula is C19H19N5O. The number of hydrogen-bond acceptors (Lipinski definition) is 5. The van der Waals surface area contributed by atoms with Crippen LogP contribution in [0.4, 0.5) is 17.3 Å². The zero-order valence-electron chi connectivity index (χ0n) is 14.1. The van der Waals surface area contributed by atoms with Gasteiger partial charge in [0.2, 0.25) is 11.9 Å². The molecule has 6 nitrogen and oxygen atoms in total. The summed E-state index contributed by atoms with van der Waals surface area (Å²) in [6.45, 7) is 3.72. The number of rotatable bonds is 5. The van der Waals surface area contributed by atoms with Gasteiger partial charge in [-0.15, -0.1) is 0 Å². The van der Waals surface area contributed by atoms with Crippen LogP contribution in [-0.2, 0) is 4.79 Å². The molecule has 6 heteroatoms. The lowest BCUT2D eigenvalue weighted by atomic mass is 10.2. The zero-order valence-corrected chi connectivity index (χ0v) is 14.1. The van der Waals surface area contributed by atoms with E-state index < -0.39 is 0 Å². The van der Waals surface area contributed by atoms with Crippen molar-refractivity contribution in [2.45, 2.75) is 13.8 Å². The van der Waals surface area contributed by atoms with E-state index in [1.54, 1.807) is 12.4 Å². The van der Waals surface area contributed by atoms with E-state index in [4.69, 9.17) is 0 Å². The van der Waals surface area contributed by atoms with Gasteiger partial charge in [0.15, 0.2) is 0 Å². The number of hydrogen-bond donors (Lipinski definition) is 2. The maximum atomic E-state index is 11.7. The van der Waals surface area contributed by atoms with E-state index in [0.29, 0.717) is 5.95 Å². The number of benzene rings is 1. The molecular weight excluding hydrogens is 314 g/mol. The molecule has 0 saturated carbocycles. The molecule has 0 aliphatic rings. The van der Waals surface area contributed by atoms with Crippen molar-refractivity contribution in [3.05, 3.63) is 60.9 Å². The molecule has 0 unspecified atom stereocenters. The Morgan fingerprint density at radius 3 is 2.32 bits per heavy atom. The van der Waals surface area contributed by atoms with Crippen LogP contribution in [0.2, 0.25) is 0 Å². The van der Waals surface area contributed by atoms with Crippen LogP contribution in [0.5, 0.6) is 0 Å². The molecule has 2 N–H and O–H groups in total. The Kier molecular flexibility index (Phi) is 4.99. The fourth-order valence-electron chi connectivity index (χ4n) is 2.13. The van der Waals surface area contributed by atoms with Gasteiger partial charge in [0.1, 0.15) is 0 Å². The third-order valence-electron chi connectivity index (χ3n) is 3.52. The molecule has 3 aromatic rings. The summed E-state index contributed by atoms with van der Waals surface area (Å²) < 4.78 is 0. The van der Waals surface area contributed by atoms with Crippen LogP contribution in [-0.4, -0.2) is 20.9 Å². The highest BCUT2D eigenvalue weighted by Crippen LogP contribution is 2.19. The van der Waals surface area contributed by atoms with Crippen molar-refractivity contribution in [1.82, 2.24) is 15.0 Å². The fraction of sp³-hybridized carbons (Fsp3) is 0.158. The highest BCUT2D eigenvalue weighted by Gasteiger charge is 2.07. The lowest BCUT2D eigenvalue weighted by Crippen LogP contribution is -2.17. The SMILES string of the molecule is CC(C)C(=O)Nc1ccc(Nc2nccc(-c3ccccn3)n2)cc1. The lowest BCUT2D eigenvalue weighted by molar-refractivity contribution is -0.118. The summed E-state index contributed by atoms with van der Waals surface area (Å²) in [6, 6.07) is 14.9. The monoisotopic (exact) mass is 333 g/mol. The summed E-state index contributed by atoms with van der Waals surface area (Å²) in [5.74, 6) is 0.426. The molecule has 1 amide bonds. The van der Waals surface area contributed by atoms with Gasteiger partial charge in [0.25, 0.3) is 0 Å². The van der Waals surface area contributed by atoms with Crippen molar-refractivity contribution in [2.24, 2.45) is 5.92 Å². The van der Waals surface area contributed by atoms with Gasteiger partial charge in [0.05, 0.1) is 11.4 Å². The molecule has 0 spiro atoms. The number of amides is 1. The number of carbonyl (C=O) groups excluding carboxylic acids is 1. The maximum Gasteiger partial charge on any atom is 0.227 e. The average molecular weight is 333 g/mol. The number of anilines is 3. The second-order valence-corrected chi connectivity index (χ2v) is 5.83. The highest BCUT2D eigenvalue weighted by atomic mass is 16.1. The van der Waals surface area contributed by atoms with Gasteiger partial charge in [-0.25, -0.2) is 9.97 Å². The summed E-state index contributed by atoms with van der Waals surface area (Å²) >= 11 is 0. The predicted molar refractivity (Wildman–Crippen MR) is 98.5 cm³/mol. The van der Waals surface area contributed by atoms with Crippen LogP contribution < -0.4 is 10.6 Å². The van der Waals surface area contributed by atoms with E-state index in [0.717, 1.165) is 22.8 Å². The van der Waals surface area contributed by atoms with E-state index in [1.807, 2.05) is 62.4 Å². The van der Waals surface area contributed by atoms with Gasteiger partial charge >= 0.3 is 0 Å². The smallest absolute Gasteiger partial charge is 0.227 e. The van der Waals surface area contributed by atoms with Crippen molar-refractivity contribution in [3.63, 3.8) is 0 Å². The number of pyridine rings is 1. The molecule has 3 rings (SSSR count). The van der Waals surface area contributed by atoms with Gasteiger partial charge in [-0.3, -0.25) is 9.78 Å². The Morgan fingerprint density at radius 1 is 0.880 bits per heavy atom. The molecule has 0 aliphatic heterocycles. The average Bonchev–Trinajstić information content (AvgIpc) is 2.64. The van der Waals surface area contributed by atoms with E-state index >= 15 is 0 Å². The van der Waals surface area contributed by atoms with Crippen LogP contribution in [0.15, 0.2) is 60.9 Å². The summed E-state index contributed by atoms with van der Waals surface area (Å²) in [5, 5.41) is 6.01. The first-order chi connectivity index (χ1) is 12.1. The Bertz CT molecular complexity index is 847. The van der Waals surface area contributed by atoms with Crippen molar-refractivity contribution in [2.75, 3.05) is 10.6 Å². The molecule has 0 aliphatic carbocycles. The van der Waals surface area contributed by atoms with Crippen LogP contribution in [0.1, 0.15) is 13.8 Å². The van der Waals surface area contributed by atoms with Crippen LogP contribution in [0.3, 0.4) is 0 Å². The summed E-state index contributed by atoms with van der Waals surface area (Å²) in [7, 11) is 0. The summed E-state index contributed by atoms with van der Waals surface area (Å²) in [4.78, 5) is 24.7. The second-order valence-electron chi connectivity index (χ2n) is 5.83. The number of carbonyl (C=O) groups is 1. The van der Waals surface area contributed by atoms with Crippen LogP contribution in [0, 0.1) is 5.92 Å². The van der Waals surface area contributed by atoms with E-state index in [-0.39, 0.29) is 11.8 Å². The van der Waals surface area contributed by atoms with Gasteiger partial charge in [-0.2, -0.15) is 0 Å². The Hall–Kier alpha value is -3.28. The minimum Gasteiger partial charge on any atom is -0.326 e. The standard InChI is InChI=1S/C19H19N5O/c1-13(2)18(25)22-14-6-8-15(9-7-14)23-19-21-12-10-17(24-19)16-5-3-4-11-20-16/h3-13H,1-2H3,(H,22,25)(H,21,23,24). The lowest BCUT2D eigenvalue weighted by Gasteiger charge is -2.09. The molecule has 0 saturated heterocycles. The topological polar surface area (TPSA) is 79.8 Å². The van der Waals surface area contributed by atoms with Crippen LogP contribution in [0.25, 0.3) is 11.4 Å².